The fourth-order valence-corrected chi connectivity index (χ4v) is 5.20. The van der Waals surface area contributed by atoms with Gasteiger partial charge in [0.15, 0.2) is 11.6 Å². The van der Waals surface area contributed by atoms with Crippen LogP contribution in [0.2, 0.25) is 0 Å². The van der Waals surface area contributed by atoms with Crippen LogP contribution in [0.4, 0.5) is 4.39 Å². The summed E-state index contributed by atoms with van der Waals surface area (Å²) in [6.07, 6.45) is 0.752. The van der Waals surface area contributed by atoms with Gasteiger partial charge in [0.1, 0.15) is 13.2 Å². The molecule has 0 bridgehead atoms. The Hall–Kier alpha value is -3.19. The molecule has 1 aromatic heterocycles. The van der Waals surface area contributed by atoms with Gasteiger partial charge in [-0.25, -0.2) is 4.39 Å². The lowest BCUT2D eigenvalue weighted by molar-refractivity contribution is -0.136. The summed E-state index contributed by atoms with van der Waals surface area (Å²) < 4.78 is 19.9. The molecule has 0 saturated carbocycles. The Morgan fingerprint density at radius 3 is 2.71 bits per heavy atom. The van der Waals surface area contributed by atoms with Crippen molar-refractivity contribution in [3.05, 3.63) is 87.4 Å². The summed E-state index contributed by atoms with van der Waals surface area (Å²) in [4.78, 5) is 31.4. The van der Waals surface area contributed by atoms with E-state index in [1.807, 2.05) is 50.4 Å². The third kappa shape index (κ3) is 5.14. The predicted octanol–water partition coefficient (Wildman–Crippen LogP) is 5.25. The van der Waals surface area contributed by atoms with Gasteiger partial charge in [0.25, 0.3) is 5.91 Å². The normalized spacial score (nSPS) is 15.2. The maximum atomic E-state index is 14.1. The number of carbonyl (C=O) groups excluding carboxylic acids is 2. The number of carbonyl (C=O) groups is 2. The van der Waals surface area contributed by atoms with Gasteiger partial charge in [0.2, 0.25) is 5.91 Å². The Labute approximate surface area is 203 Å². The molecule has 0 saturated heterocycles. The van der Waals surface area contributed by atoms with Crippen LogP contribution in [-0.2, 0) is 11.2 Å². The molecule has 34 heavy (non-hydrogen) atoms. The number of amides is 2. The lowest BCUT2D eigenvalue weighted by Gasteiger charge is -2.37. The summed E-state index contributed by atoms with van der Waals surface area (Å²) in [5.41, 5.74) is 2.59. The van der Waals surface area contributed by atoms with E-state index >= 15 is 0 Å². The second-order valence-corrected chi connectivity index (χ2v) is 9.79. The molecule has 178 valence electrons. The van der Waals surface area contributed by atoms with Gasteiger partial charge in [0, 0.05) is 23.0 Å². The van der Waals surface area contributed by atoms with Gasteiger partial charge in [-0.15, -0.1) is 11.3 Å². The van der Waals surface area contributed by atoms with Crippen LogP contribution in [0.5, 0.6) is 5.75 Å². The van der Waals surface area contributed by atoms with Crippen molar-refractivity contribution < 1.29 is 18.7 Å². The minimum Gasteiger partial charge on any atom is -0.488 e. The first-order valence-corrected chi connectivity index (χ1v) is 12.3. The van der Waals surface area contributed by atoms with Crippen LogP contribution < -0.4 is 4.74 Å². The third-order valence-corrected chi connectivity index (χ3v) is 7.10. The molecule has 7 heteroatoms. The van der Waals surface area contributed by atoms with Crippen molar-refractivity contribution >= 4 is 23.2 Å². The molecule has 2 amide bonds. The van der Waals surface area contributed by atoms with Gasteiger partial charge >= 0.3 is 0 Å². The molecule has 0 spiro atoms. The number of nitrogens with zero attached hydrogens (tertiary/aromatic N) is 2. The van der Waals surface area contributed by atoms with E-state index in [4.69, 9.17) is 4.74 Å². The summed E-state index contributed by atoms with van der Waals surface area (Å²) in [6, 6.07) is 15.2. The fourth-order valence-electron chi connectivity index (χ4n) is 4.27. The molecule has 1 unspecified atom stereocenters. The second kappa shape index (κ2) is 10.4. The van der Waals surface area contributed by atoms with Crippen LogP contribution in [0.3, 0.4) is 0 Å². The Bertz CT molecular complexity index is 1180. The first-order chi connectivity index (χ1) is 16.3. The number of benzene rings is 2. The van der Waals surface area contributed by atoms with Crippen molar-refractivity contribution in [2.45, 2.75) is 39.3 Å². The number of para-hydroxylation sites is 1. The van der Waals surface area contributed by atoms with Crippen LogP contribution in [0.1, 0.15) is 46.3 Å². The molecular formula is C27H29FN2O3S. The molecular weight excluding hydrogens is 451 g/mol. The molecule has 1 aliphatic rings. The van der Waals surface area contributed by atoms with Gasteiger partial charge in [-0.05, 0) is 68.5 Å². The minimum absolute atomic E-state index is 0.0277. The highest BCUT2D eigenvalue weighted by Crippen LogP contribution is 2.34. The van der Waals surface area contributed by atoms with E-state index in [1.165, 1.54) is 10.9 Å². The van der Waals surface area contributed by atoms with E-state index in [2.05, 4.69) is 0 Å². The Morgan fingerprint density at radius 2 is 1.97 bits per heavy atom. The molecule has 4 rings (SSSR count). The lowest BCUT2D eigenvalue weighted by Crippen LogP contribution is -2.49. The highest BCUT2D eigenvalue weighted by atomic mass is 32.1. The Morgan fingerprint density at radius 1 is 1.18 bits per heavy atom. The standard InChI is InChI=1S/C27H29FN2O3S/c1-18(2)30(27(32)20-8-6-7-19(3)15-20)16-26(31)29-13-11-25-21(12-14-34-25)23(29)17-33-24-10-5-4-9-22(24)28/h4-10,12,14-15,18,23H,11,13,16-17H2,1-3H3. The van der Waals surface area contributed by atoms with Crippen LogP contribution in [0.25, 0.3) is 0 Å². The monoisotopic (exact) mass is 480 g/mol. The molecule has 0 aliphatic carbocycles. The SMILES string of the molecule is Cc1cccc(C(=O)N(CC(=O)N2CCc3sccc3C2COc2ccccc2F)C(C)C)c1. The van der Waals surface area contributed by atoms with E-state index in [-0.39, 0.29) is 42.8 Å². The fraction of sp³-hybridized carbons (Fsp3) is 0.333. The van der Waals surface area contributed by atoms with Crippen molar-refractivity contribution in [3.63, 3.8) is 0 Å². The van der Waals surface area contributed by atoms with Gasteiger partial charge in [-0.3, -0.25) is 9.59 Å². The van der Waals surface area contributed by atoms with Crippen molar-refractivity contribution in [3.8, 4) is 5.75 Å². The summed E-state index contributed by atoms with van der Waals surface area (Å²) in [7, 11) is 0. The molecule has 1 aliphatic heterocycles. The van der Waals surface area contributed by atoms with E-state index in [0.29, 0.717) is 12.1 Å². The minimum atomic E-state index is -0.434. The van der Waals surface area contributed by atoms with Gasteiger partial charge in [-0.1, -0.05) is 29.8 Å². The topological polar surface area (TPSA) is 49.9 Å². The first kappa shape index (κ1) is 24.0. The third-order valence-electron chi connectivity index (χ3n) is 6.10. The smallest absolute Gasteiger partial charge is 0.254 e. The summed E-state index contributed by atoms with van der Waals surface area (Å²) >= 11 is 1.66. The zero-order valence-corrected chi connectivity index (χ0v) is 20.5. The number of aryl methyl sites for hydroxylation is 1. The van der Waals surface area contributed by atoms with Crippen molar-refractivity contribution in [1.82, 2.24) is 9.80 Å². The Balaban J connectivity index is 1.54. The van der Waals surface area contributed by atoms with Crippen LogP contribution >= 0.6 is 11.3 Å². The summed E-state index contributed by atoms with van der Waals surface area (Å²) in [6.45, 7) is 6.40. The largest absolute Gasteiger partial charge is 0.488 e. The van der Waals surface area contributed by atoms with Gasteiger partial charge in [0.05, 0.1) is 6.04 Å². The van der Waals surface area contributed by atoms with Gasteiger partial charge in [-0.2, -0.15) is 0 Å². The van der Waals surface area contributed by atoms with Crippen molar-refractivity contribution in [1.29, 1.82) is 0 Å². The van der Waals surface area contributed by atoms with Crippen LogP contribution in [0, 0.1) is 12.7 Å². The molecule has 1 atom stereocenters. The highest BCUT2D eigenvalue weighted by molar-refractivity contribution is 7.10. The van der Waals surface area contributed by atoms with E-state index in [0.717, 1.165) is 17.5 Å². The van der Waals surface area contributed by atoms with E-state index < -0.39 is 5.82 Å². The lowest BCUT2D eigenvalue weighted by atomic mass is 10.00. The number of halogens is 1. The average Bonchev–Trinajstić information content (AvgIpc) is 3.30. The molecule has 0 radical (unpaired) electrons. The number of hydrogen-bond donors (Lipinski definition) is 0. The van der Waals surface area contributed by atoms with Crippen LogP contribution in [0.15, 0.2) is 60.0 Å². The quantitative estimate of drug-likeness (QED) is 0.464. The summed E-state index contributed by atoms with van der Waals surface area (Å²) in [5.74, 6) is -0.583. The van der Waals surface area contributed by atoms with E-state index in [1.54, 1.807) is 45.4 Å². The maximum Gasteiger partial charge on any atom is 0.254 e. The number of rotatable bonds is 7. The van der Waals surface area contributed by atoms with Crippen LogP contribution in [-0.4, -0.2) is 47.4 Å². The molecule has 0 fully saturated rings. The van der Waals surface area contributed by atoms with Crippen molar-refractivity contribution in [2.75, 3.05) is 19.7 Å². The summed E-state index contributed by atoms with van der Waals surface area (Å²) in [5, 5.41) is 2.01. The molecule has 2 aromatic carbocycles. The number of hydrogen-bond acceptors (Lipinski definition) is 4. The Kier molecular flexibility index (Phi) is 7.32. The molecule has 2 heterocycles. The predicted molar refractivity (Wildman–Crippen MR) is 132 cm³/mol. The number of thiophene rings is 1. The van der Waals surface area contributed by atoms with Gasteiger partial charge < -0.3 is 14.5 Å². The first-order valence-electron chi connectivity index (χ1n) is 11.5. The number of fused-ring (bicyclic) bond motifs is 1. The number of ether oxygens (including phenoxy) is 1. The van der Waals surface area contributed by atoms with E-state index in [9.17, 15) is 14.0 Å². The zero-order valence-electron chi connectivity index (χ0n) is 19.7. The molecule has 3 aromatic rings. The highest BCUT2D eigenvalue weighted by Gasteiger charge is 2.34. The van der Waals surface area contributed by atoms with Crippen molar-refractivity contribution in [2.24, 2.45) is 0 Å². The second-order valence-electron chi connectivity index (χ2n) is 8.79. The average molecular weight is 481 g/mol. The zero-order chi connectivity index (χ0) is 24.2. The maximum absolute atomic E-state index is 14.1. The molecule has 5 nitrogen and oxygen atoms in total. The molecule has 0 N–H and O–H groups in total.